The van der Waals surface area contributed by atoms with Gasteiger partial charge in [0.2, 0.25) is 0 Å². The highest BCUT2D eigenvalue weighted by Crippen LogP contribution is 2.24. The second-order valence-corrected chi connectivity index (χ2v) is 6.63. The van der Waals surface area contributed by atoms with E-state index >= 15 is 0 Å². The van der Waals surface area contributed by atoms with Gasteiger partial charge in [0.25, 0.3) is 0 Å². The Morgan fingerprint density at radius 2 is 1.69 bits per heavy atom. The highest BCUT2D eigenvalue weighted by atomic mass is 32.2. The monoisotopic (exact) mass is 210 g/mol. The molecule has 0 saturated carbocycles. The van der Waals surface area contributed by atoms with Crippen LogP contribution in [0.4, 0.5) is 0 Å². The molecule has 80 valence electrons. The number of sulfone groups is 1. The van der Waals surface area contributed by atoms with Crippen molar-refractivity contribution in [3.8, 4) is 0 Å². The molecule has 0 aromatic heterocycles. The van der Waals surface area contributed by atoms with Gasteiger partial charge in [-0.15, -0.1) is 0 Å². The first-order chi connectivity index (χ1) is 5.60. The Balaban J connectivity index is 4.82. The van der Waals surface area contributed by atoms with Crippen molar-refractivity contribution < 1.29 is 18.6 Å². The molecule has 0 aromatic rings. The lowest BCUT2D eigenvalue weighted by Crippen LogP contribution is -2.44. The number of aliphatic hydroxyl groups excluding tert-OH is 2. The van der Waals surface area contributed by atoms with E-state index in [1.165, 1.54) is 0 Å². The second-order valence-electron chi connectivity index (χ2n) is 4.36. The van der Waals surface area contributed by atoms with E-state index in [1.807, 2.05) is 0 Å². The maximum absolute atomic E-state index is 11.1. The third-order valence-electron chi connectivity index (χ3n) is 1.97. The minimum atomic E-state index is -3.40. The van der Waals surface area contributed by atoms with Crippen LogP contribution in [0.15, 0.2) is 0 Å². The highest BCUT2D eigenvalue weighted by molar-refractivity contribution is 7.91. The van der Waals surface area contributed by atoms with Gasteiger partial charge in [-0.05, 0) is 5.41 Å². The van der Waals surface area contributed by atoms with E-state index in [9.17, 15) is 13.5 Å². The smallest absolute Gasteiger partial charge is 0.155 e. The molecule has 0 saturated heterocycles. The molecule has 0 aliphatic rings. The van der Waals surface area contributed by atoms with Crippen LogP contribution in [0.2, 0.25) is 0 Å². The predicted molar refractivity (Wildman–Crippen MR) is 51.2 cm³/mol. The van der Waals surface area contributed by atoms with E-state index in [0.29, 0.717) is 0 Å². The van der Waals surface area contributed by atoms with Gasteiger partial charge >= 0.3 is 0 Å². The predicted octanol–water partition coefficient (Wildman–Crippen LogP) is -0.201. The maximum Gasteiger partial charge on any atom is 0.155 e. The fourth-order valence-electron chi connectivity index (χ4n) is 1.03. The molecular weight excluding hydrogens is 192 g/mol. The molecular formula is C8H18O4S. The molecule has 0 fully saturated rings. The average Bonchev–Trinajstić information content (AvgIpc) is 1.83. The SMILES string of the molecule is CC(C)(C)[C@@H](O)[C@@H](CO)S(C)(=O)=O. The lowest BCUT2D eigenvalue weighted by atomic mass is 9.87. The summed E-state index contributed by atoms with van der Waals surface area (Å²) < 4.78 is 22.3. The fraction of sp³-hybridized carbons (Fsp3) is 1.00. The molecule has 2 N–H and O–H groups in total. The van der Waals surface area contributed by atoms with Crippen LogP contribution in [-0.4, -0.2) is 42.8 Å². The quantitative estimate of drug-likeness (QED) is 0.676. The Morgan fingerprint density at radius 1 is 1.31 bits per heavy atom. The van der Waals surface area contributed by atoms with Crippen molar-refractivity contribution in [1.29, 1.82) is 0 Å². The molecule has 0 aliphatic heterocycles. The number of rotatable bonds is 3. The summed E-state index contributed by atoms with van der Waals surface area (Å²) in [5.41, 5.74) is -0.545. The number of hydrogen-bond donors (Lipinski definition) is 2. The van der Waals surface area contributed by atoms with E-state index in [2.05, 4.69) is 0 Å². The van der Waals surface area contributed by atoms with Gasteiger partial charge in [-0.1, -0.05) is 20.8 Å². The molecule has 0 aromatic carbocycles. The zero-order valence-electron chi connectivity index (χ0n) is 8.48. The maximum atomic E-state index is 11.1. The molecule has 5 heteroatoms. The summed E-state index contributed by atoms with van der Waals surface area (Å²) in [6.07, 6.45) is -0.0319. The van der Waals surface area contributed by atoms with Gasteiger partial charge in [0.05, 0.1) is 12.7 Å². The zero-order chi connectivity index (χ0) is 10.9. The van der Waals surface area contributed by atoms with Gasteiger partial charge in [-0.25, -0.2) is 8.42 Å². The van der Waals surface area contributed by atoms with Crippen molar-refractivity contribution in [2.24, 2.45) is 5.41 Å². The Bertz CT molecular complexity index is 250. The summed E-state index contributed by atoms with van der Waals surface area (Å²) in [6, 6.07) is 0. The molecule has 0 amide bonds. The van der Waals surface area contributed by atoms with E-state index < -0.39 is 33.2 Å². The van der Waals surface area contributed by atoms with Crippen LogP contribution < -0.4 is 0 Å². The summed E-state index contributed by atoms with van der Waals surface area (Å²) in [4.78, 5) is 0. The summed E-state index contributed by atoms with van der Waals surface area (Å²) in [6.45, 7) is 4.64. The van der Waals surface area contributed by atoms with E-state index in [0.717, 1.165) is 6.26 Å². The van der Waals surface area contributed by atoms with Crippen molar-refractivity contribution >= 4 is 9.84 Å². The Kier molecular flexibility index (Phi) is 3.90. The van der Waals surface area contributed by atoms with Gasteiger partial charge in [0, 0.05) is 6.26 Å². The summed E-state index contributed by atoms with van der Waals surface area (Å²) in [7, 11) is -3.40. The van der Waals surface area contributed by atoms with Gasteiger partial charge in [0.15, 0.2) is 9.84 Å². The van der Waals surface area contributed by atoms with E-state index in [-0.39, 0.29) is 0 Å². The summed E-state index contributed by atoms with van der Waals surface area (Å²) in [5.74, 6) is 0. The second kappa shape index (κ2) is 3.94. The molecule has 13 heavy (non-hydrogen) atoms. The number of hydrogen-bond acceptors (Lipinski definition) is 4. The normalized spacial score (nSPS) is 18.3. The van der Waals surface area contributed by atoms with Crippen LogP contribution in [0.3, 0.4) is 0 Å². The third kappa shape index (κ3) is 3.62. The Hall–Kier alpha value is -0.130. The van der Waals surface area contributed by atoms with Gasteiger partial charge in [-0.3, -0.25) is 0 Å². The van der Waals surface area contributed by atoms with Crippen LogP contribution in [0, 0.1) is 5.41 Å². The zero-order valence-corrected chi connectivity index (χ0v) is 9.30. The topological polar surface area (TPSA) is 74.6 Å². The first-order valence-corrected chi connectivity index (χ1v) is 6.04. The van der Waals surface area contributed by atoms with Gasteiger partial charge < -0.3 is 10.2 Å². The van der Waals surface area contributed by atoms with Crippen LogP contribution in [0.25, 0.3) is 0 Å². The van der Waals surface area contributed by atoms with Crippen LogP contribution >= 0.6 is 0 Å². The van der Waals surface area contributed by atoms with Crippen LogP contribution in [-0.2, 0) is 9.84 Å². The molecule has 4 nitrogen and oxygen atoms in total. The largest absolute Gasteiger partial charge is 0.395 e. The van der Waals surface area contributed by atoms with Crippen molar-refractivity contribution in [2.45, 2.75) is 32.1 Å². The third-order valence-corrected chi connectivity index (χ3v) is 3.48. The molecule has 0 bridgehead atoms. The molecule has 0 spiro atoms. The molecule has 0 aliphatic carbocycles. The Morgan fingerprint density at radius 3 is 1.77 bits per heavy atom. The van der Waals surface area contributed by atoms with E-state index in [4.69, 9.17) is 5.11 Å². The van der Waals surface area contributed by atoms with Crippen molar-refractivity contribution in [3.05, 3.63) is 0 Å². The summed E-state index contributed by atoms with van der Waals surface area (Å²) in [5, 5.41) is 17.4. The van der Waals surface area contributed by atoms with Crippen molar-refractivity contribution in [1.82, 2.24) is 0 Å². The minimum absolute atomic E-state index is 0.544. The standard InChI is InChI=1S/C8H18O4S/c1-8(2,3)7(10)6(5-9)13(4,11)12/h6-7,9-10H,5H2,1-4H3/t6-,7+/m1/s1. The van der Waals surface area contributed by atoms with Gasteiger partial charge in [-0.2, -0.15) is 0 Å². The first kappa shape index (κ1) is 12.9. The first-order valence-electron chi connectivity index (χ1n) is 4.08. The van der Waals surface area contributed by atoms with Crippen molar-refractivity contribution in [3.63, 3.8) is 0 Å². The Labute approximate surface area is 79.5 Å². The molecule has 0 unspecified atom stereocenters. The molecule has 0 radical (unpaired) electrons. The molecule has 2 atom stereocenters. The van der Waals surface area contributed by atoms with Crippen LogP contribution in [0.5, 0.6) is 0 Å². The highest BCUT2D eigenvalue weighted by Gasteiger charge is 2.36. The average molecular weight is 210 g/mol. The van der Waals surface area contributed by atoms with Crippen LogP contribution in [0.1, 0.15) is 20.8 Å². The molecule has 0 rings (SSSR count). The van der Waals surface area contributed by atoms with E-state index in [1.54, 1.807) is 20.8 Å². The fourth-order valence-corrected chi connectivity index (χ4v) is 2.17. The molecule has 0 heterocycles. The lowest BCUT2D eigenvalue weighted by molar-refractivity contribution is 0.0441. The lowest BCUT2D eigenvalue weighted by Gasteiger charge is -2.30. The summed E-state index contributed by atoms with van der Waals surface area (Å²) >= 11 is 0. The minimum Gasteiger partial charge on any atom is -0.395 e. The number of aliphatic hydroxyl groups is 2. The van der Waals surface area contributed by atoms with Crippen molar-refractivity contribution in [2.75, 3.05) is 12.9 Å². The van der Waals surface area contributed by atoms with Gasteiger partial charge in [0.1, 0.15) is 5.25 Å².